The molecule has 2 aromatic rings. The van der Waals surface area contributed by atoms with E-state index in [0.717, 1.165) is 15.7 Å². The summed E-state index contributed by atoms with van der Waals surface area (Å²) in [5, 5.41) is 1.19. The van der Waals surface area contributed by atoms with E-state index >= 15 is 0 Å². The summed E-state index contributed by atoms with van der Waals surface area (Å²) in [6, 6.07) is 1.89. The molecule has 0 unspecified atom stereocenters. The molecule has 6 heteroatoms. The van der Waals surface area contributed by atoms with E-state index in [1.807, 2.05) is 13.0 Å². The van der Waals surface area contributed by atoms with Crippen molar-refractivity contribution < 1.29 is 4.42 Å². The number of aryl methyl sites for hydroxylation is 1. The highest BCUT2D eigenvalue weighted by Crippen LogP contribution is 2.36. The molecule has 0 amide bonds. The summed E-state index contributed by atoms with van der Waals surface area (Å²) in [5.41, 5.74) is 0. The van der Waals surface area contributed by atoms with Crippen molar-refractivity contribution in [1.82, 2.24) is 9.97 Å². The van der Waals surface area contributed by atoms with Gasteiger partial charge < -0.3 is 4.42 Å². The lowest BCUT2D eigenvalue weighted by atomic mass is 10.5. The predicted molar refractivity (Wildman–Crippen MR) is 62.3 cm³/mol. The fourth-order valence-electron chi connectivity index (χ4n) is 0.988. The zero-order valence-corrected chi connectivity index (χ0v) is 10.9. The number of nitrogens with zero attached hydrogens (tertiary/aromatic N) is 2. The van der Waals surface area contributed by atoms with E-state index in [1.54, 1.807) is 6.26 Å². The van der Waals surface area contributed by atoms with E-state index in [9.17, 15) is 0 Å². The summed E-state index contributed by atoms with van der Waals surface area (Å²) in [6.45, 7) is 1.90. The number of hydrogen-bond donors (Lipinski definition) is 0. The average Bonchev–Trinajstić information content (AvgIpc) is 2.60. The van der Waals surface area contributed by atoms with Crippen LogP contribution in [0.4, 0.5) is 0 Å². The number of rotatable bonds is 2. The molecule has 3 nitrogen and oxygen atoms in total. The van der Waals surface area contributed by atoms with Crippen molar-refractivity contribution in [2.24, 2.45) is 0 Å². The molecule has 0 aliphatic heterocycles. The summed E-state index contributed by atoms with van der Waals surface area (Å²) < 4.78 is 5.90. The van der Waals surface area contributed by atoms with Gasteiger partial charge in [-0.25, -0.2) is 9.97 Å². The number of hydrogen-bond acceptors (Lipinski definition) is 4. The maximum atomic E-state index is 5.86. The minimum Gasteiger partial charge on any atom is -0.468 e. The molecule has 0 aliphatic carbocycles. The largest absolute Gasteiger partial charge is 0.468 e. The van der Waals surface area contributed by atoms with Crippen LogP contribution in [0.3, 0.4) is 0 Å². The van der Waals surface area contributed by atoms with Crippen LogP contribution in [-0.4, -0.2) is 9.97 Å². The Morgan fingerprint density at radius 2 is 2.27 bits per heavy atom. The van der Waals surface area contributed by atoms with Gasteiger partial charge in [-0.1, -0.05) is 23.4 Å². The Bertz CT molecular complexity index is 489. The Balaban J connectivity index is 2.33. The lowest BCUT2D eigenvalue weighted by Gasteiger charge is -2.02. The number of furan rings is 1. The van der Waals surface area contributed by atoms with Gasteiger partial charge >= 0.3 is 0 Å². The van der Waals surface area contributed by atoms with Crippen molar-refractivity contribution >= 4 is 39.3 Å². The van der Waals surface area contributed by atoms with Gasteiger partial charge in [-0.15, -0.1) is 0 Å². The lowest BCUT2D eigenvalue weighted by molar-refractivity contribution is 0.527. The molecule has 0 radical (unpaired) electrons. The predicted octanol–water partition coefficient (Wildman–Crippen LogP) is 3.95. The SMILES string of the molecule is Cc1occc1Sc1ncnc(Cl)c1Br. The molecule has 2 aromatic heterocycles. The third-order valence-electron chi connectivity index (χ3n) is 1.73. The standard InChI is InChI=1S/C9H6BrClN2OS/c1-5-6(2-3-14-5)15-9-7(10)8(11)12-4-13-9/h2-4H,1H3. The van der Waals surface area contributed by atoms with Gasteiger partial charge in [-0.05, 0) is 28.9 Å². The summed E-state index contributed by atoms with van der Waals surface area (Å²) in [7, 11) is 0. The van der Waals surface area contributed by atoms with Crippen LogP contribution in [0.5, 0.6) is 0 Å². The van der Waals surface area contributed by atoms with Crippen LogP contribution in [0.15, 0.2) is 37.5 Å². The highest BCUT2D eigenvalue weighted by Gasteiger charge is 2.10. The van der Waals surface area contributed by atoms with Crippen molar-refractivity contribution in [3.05, 3.63) is 34.0 Å². The molecule has 0 fully saturated rings. The van der Waals surface area contributed by atoms with Crippen molar-refractivity contribution in [3.63, 3.8) is 0 Å². The van der Waals surface area contributed by atoms with Gasteiger partial charge in [0.05, 0.1) is 15.6 Å². The van der Waals surface area contributed by atoms with Crippen molar-refractivity contribution in [3.8, 4) is 0 Å². The van der Waals surface area contributed by atoms with Gasteiger partial charge in [0.1, 0.15) is 22.3 Å². The Kier molecular flexibility index (Phi) is 3.33. The van der Waals surface area contributed by atoms with Gasteiger partial charge in [-0.3, -0.25) is 0 Å². The van der Waals surface area contributed by atoms with Gasteiger partial charge in [-0.2, -0.15) is 0 Å². The molecule has 0 aromatic carbocycles. The zero-order chi connectivity index (χ0) is 10.8. The van der Waals surface area contributed by atoms with Crippen LogP contribution < -0.4 is 0 Å². The van der Waals surface area contributed by atoms with Gasteiger partial charge in [0, 0.05) is 0 Å². The first-order chi connectivity index (χ1) is 7.18. The van der Waals surface area contributed by atoms with Crippen LogP contribution in [0.25, 0.3) is 0 Å². The second kappa shape index (κ2) is 4.55. The quantitative estimate of drug-likeness (QED) is 0.788. The number of aromatic nitrogens is 2. The van der Waals surface area contributed by atoms with Gasteiger partial charge in [0.15, 0.2) is 0 Å². The highest BCUT2D eigenvalue weighted by atomic mass is 79.9. The van der Waals surface area contributed by atoms with E-state index in [-0.39, 0.29) is 0 Å². The maximum absolute atomic E-state index is 5.86. The number of halogens is 2. The highest BCUT2D eigenvalue weighted by molar-refractivity contribution is 9.10. The molecule has 0 N–H and O–H groups in total. The Hall–Kier alpha value is -0.520. The first kappa shape index (κ1) is 11.0. The van der Waals surface area contributed by atoms with Crippen LogP contribution >= 0.6 is 39.3 Å². The first-order valence-corrected chi connectivity index (χ1v) is 6.05. The summed E-state index contributed by atoms with van der Waals surface area (Å²) in [5.74, 6) is 0.863. The summed E-state index contributed by atoms with van der Waals surface area (Å²) in [4.78, 5) is 9.01. The van der Waals surface area contributed by atoms with Crippen molar-refractivity contribution in [1.29, 1.82) is 0 Å². The molecule has 0 saturated carbocycles. The molecule has 0 bridgehead atoms. The first-order valence-electron chi connectivity index (χ1n) is 4.06. The molecule has 78 valence electrons. The minimum absolute atomic E-state index is 0.411. The average molecular weight is 306 g/mol. The lowest BCUT2D eigenvalue weighted by Crippen LogP contribution is -1.86. The molecule has 0 saturated heterocycles. The Morgan fingerprint density at radius 3 is 2.93 bits per heavy atom. The molecule has 0 spiro atoms. The van der Waals surface area contributed by atoms with Crippen LogP contribution in [-0.2, 0) is 0 Å². The molecular weight excluding hydrogens is 300 g/mol. The van der Waals surface area contributed by atoms with Crippen LogP contribution in [0, 0.1) is 6.92 Å². The van der Waals surface area contributed by atoms with Gasteiger partial charge in [0.25, 0.3) is 0 Å². The third kappa shape index (κ3) is 2.35. The third-order valence-corrected chi connectivity index (χ3v) is 4.41. The smallest absolute Gasteiger partial charge is 0.147 e. The maximum Gasteiger partial charge on any atom is 0.147 e. The topological polar surface area (TPSA) is 38.9 Å². The van der Waals surface area contributed by atoms with Gasteiger partial charge in [0.2, 0.25) is 0 Å². The fraction of sp³-hybridized carbons (Fsp3) is 0.111. The van der Waals surface area contributed by atoms with E-state index in [4.69, 9.17) is 16.0 Å². The van der Waals surface area contributed by atoms with E-state index in [1.165, 1.54) is 18.1 Å². The van der Waals surface area contributed by atoms with Crippen molar-refractivity contribution in [2.45, 2.75) is 16.8 Å². The molecule has 15 heavy (non-hydrogen) atoms. The molecule has 0 atom stereocenters. The second-order valence-electron chi connectivity index (χ2n) is 2.73. The Morgan fingerprint density at radius 1 is 1.47 bits per heavy atom. The zero-order valence-electron chi connectivity index (χ0n) is 7.70. The fourth-order valence-corrected chi connectivity index (χ4v) is 2.43. The van der Waals surface area contributed by atoms with Crippen LogP contribution in [0.1, 0.15) is 5.76 Å². The molecule has 2 heterocycles. The molecule has 0 aliphatic rings. The van der Waals surface area contributed by atoms with Crippen molar-refractivity contribution in [2.75, 3.05) is 0 Å². The normalized spacial score (nSPS) is 10.6. The van der Waals surface area contributed by atoms with E-state index in [2.05, 4.69) is 25.9 Å². The Labute approximate surface area is 104 Å². The second-order valence-corrected chi connectivity index (χ2v) is 4.91. The minimum atomic E-state index is 0.411. The van der Waals surface area contributed by atoms with Crippen LogP contribution in [0.2, 0.25) is 5.15 Å². The monoisotopic (exact) mass is 304 g/mol. The summed E-state index contributed by atoms with van der Waals surface area (Å²) >= 11 is 10.7. The molecule has 2 rings (SSSR count). The molecular formula is C9H6BrClN2OS. The van der Waals surface area contributed by atoms with E-state index < -0.39 is 0 Å². The van der Waals surface area contributed by atoms with E-state index in [0.29, 0.717) is 9.63 Å². The summed E-state index contributed by atoms with van der Waals surface area (Å²) in [6.07, 6.45) is 3.08.